The van der Waals surface area contributed by atoms with Gasteiger partial charge in [0.15, 0.2) is 0 Å². The zero-order chi connectivity index (χ0) is 19.6. The molecule has 0 aliphatic rings. The molecule has 140 valence electrons. The van der Waals surface area contributed by atoms with E-state index in [1.165, 1.54) is 28.0 Å². The monoisotopic (exact) mass is 386 g/mol. The molecular formula is C18H16N3O5S-. The molecule has 3 rings (SSSR count). The molecule has 1 N–H and O–H groups in total. The maximum Gasteiger partial charge on any atom is 0.269 e. The summed E-state index contributed by atoms with van der Waals surface area (Å²) in [6.45, 7) is 4.40. The first-order valence-corrected chi connectivity index (χ1v) is 8.94. The van der Waals surface area contributed by atoms with Crippen molar-refractivity contribution < 1.29 is 19.7 Å². The Morgan fingerprint density at radius 2 is 2.22 bits per heavy atom. The molecule has 3 heterocycles. The van der Waals surface area contributed by atoms with Gasteiger partial charge in [0.25, 0.3) is 5.56 Å². The van der Waals surface area contributed by atoms with Crippen molar-refractivity contribution in [1.82, 2.24) is 14.4 Å². The zero-order valence-electron chi connectivity index (χ0n) is 14.6. The predicted octanol–water partition coefficient (Wildman–Crippen LogP) is 1.32. The lowest BCUT2D eigenvalue weighted by Gasteiger charge is -2.08. The number of hydrogen-bond acceptors (Lipinski definition) is 8. The maximum absolute atomic E-state index is 12.4. The molecule has 0 radical (unpaired) electrons. The summed E-state index contributed by atoms with van der Waals surface area (Å²) < 4.78 is 6.88. The van der Waals surface area contributed by atoms with Crippen LogP contribution in [0.25, 0.3) is 11.7 Å². The Morgan fingerprint density at radius 1 is 1.44 bits per heavy atom. The Morgan fingerprint density at radius 3 is 2.89 bits per heavy atom. The van der Waals surface area contributed by atoms with Gasteiger partial charge in [-0.1, -0.05) is 13.8 Å². The van der Waals surface area contributed by atoms with E-state index >= 15 is 0 Å². The van der Waals surface area contributed by atoms with E-state index in [1.54, 1.807) is 6.07 Å². The smallest absolute Gasteiger partial charge is 0.269 e. The van der Waals surface area contributed by atoms with Crippen molar-refractivity contribution in [2.45, 2.75) is 26.4 Å². The Hall–Kier alpha value is -3.20. The first-order valence-electron chi connectivity index (χ1n) is 8.06. The number of aromatic hydroxyl groups is 1. The van der Waals surface area contributed by atoms with Crippen LogP contribution in [0.2, 0.25) is 0 Å². The number of fused-ring (bicyclic) bond motifs is 1. The molecule has 0 bridgehead atoms. The Bertz CT molecular complexity index is 1080. The average Bonchev–Trinajstić information content (AvgIpc) is 3.08. The quantitative estimate of drug-likeness (QED) is 0.635. The second-order valence-electron chi connectivity index (χ2n) is 6.01. The van der Waals surface area contributed by atoms with Crippen LogP contribution in [0.3, 0.4) is 0 Å². The molecule has 9 heteroatoms. The minimum absolute atomic E-state index is 0.169. The van der Waals surface area contributed by atoms with Crippen molar-refractivity contribution in [3.63, 3.8) is 0 Å². The molecule has 0 saturated heterocycles. The van der Waals surface area contributed by atoms with Gasteiger partial charge in [0, 0.05) is 17.6 Å². The average molecular weight is 386 g/mol. The van der Waals surface area contributed by atoms with Crippen LogP contribution >= 0.6 is 11.3 Å². The van der Waals surface area contributed by atoms with E-state index in [0.29, 0.717) is 17.7 Å². The first kappa shape index (κ1) is 18.6. The molecule has 3 aromatic heterocycles. The van der Waals surface area contributed by atoms with Crippen LogP contribution in [0.5, 0.6) is 11.6 Å². The molecular weight excluding hydrogens is 370 g/mol. The van der Waals surface area contributed by atoms with E-state index < -0.39 is 17.4 Å². The van der Waals surface area contributed by atoms with Gasteiger partial charge in [-0.15, -0.1) is 11.3 Å². The molecule has 0 aromatic carbocycles. The summed E-state index contributed by atoms with van der Waals surface area (Å²) in [4.78, 5) is 31.3. The van der Waals surface area contributed by atoms with E-state index in [-0.39, 0.29) is 17.8 Å². The molecule has 0 fully saturated rings. The van der Waals surface area contributed by atoms with Crippen LogP contribution in [0.15, 0.2) is 34.6 Å². The van der Waals surface area contributed by atoms with Gasteiger partial charge in [0.05, 0.1) is 11.7 Å². The molecule has 0 amide bonds. The summed E-state index contributed by atoms with van der Waals surface area (Å²) in [5.41, 5.74) is 0.326. The highest BCUT2D eigenvalue weighted by Gasteiger charge is 2.11. The lowest BCUT2D eigenvalue weighted by atomic mass is 10.2. The van der Waals surface area contributed by atoms with Crippen LogP contribution in [-0.2, 0) is 11.4 Å². The molecule has 0 unspecified atom stereocenters. The Labute approximate surface area is 158 Å². The highest BCUT2D eigenvalue weighted by Crippen LogP contribution is 2.21. The summed E-state index contributed by atoms with van der Waals surface area (Å²) in [7, 11) is 0. The van der Waals surface area contributed by atoms with Crippen LogP contribution in [0.4, 0.5) is 0 Å². The van der Waals surface area contributed by atoms with Gasteiger partial charge < -0.3 is 19.7 Å². The molecule has 0 aliphatic carbocycles. The third-order valence-electron chi connectivity index (χ3n) is 3.73. The van der Waals surface area contributed by atoms with E-state index in [4.69, 9.17) is 4.74 Å². The van der Waals surface area contributed by atoms with Crippen LogP contribution in [0.1, 0.15) is 36.0 Å². The van der Waals surface area contributed by atoms with E-state index in [0.717, 1.165) is 16.8 Å². The fourth-order valence-corrected chi connectivity index (χ4v) is 3.18. The summed E-state index contributed by atoms with van der Waals surface area (Å²) in [5, 5.41) is 23.2. The van der Waals surface area contributed by atoms with Crippen molar-refractivity contribution in [3.8, 4) is 11.6 Å². The van der Waals surface area contributed by atoms with Crippen molar-refractivity contribution in [3.05, 3.63) is 56.4 Å². The van der Waals surface area contributed by atoms with E-state index in [2.05, 4.69) is 23.8 Å². The number of thiazole rings is 1. The number of aromatic nitrogens is 3. The Kier molecular flexibility index (Phi) is 5.22. The number of carbonyl (C=O) groups excluding carboxylic acids is 1. The van der Waals surface area contributed by atoms with E-state index in [9.17, 15) is 19.8 Å². The number of aliphatic carboxylic acids is 1. The van der Waals surface area contributed by atoms with Gasteiger partial charge in [-0.05, 0) is 24.1 Å². The number of carboxylic acids is 1. The molecule has 0 atom stereocenters. The Balaban J connectivity index is 1.85. The molecule has 0 spiro atoms. The van der Waals surface area contributed by atoms with Gasteiger partial charge in [-0.25, -0.2) is 4.98 Å². The first-order chi connectivity index (χ1) is 12.8. The highest BCUT2D eigenvalue weighted by molar-refractivity contribution is 7.09. The van der Waals surface area contributed by atoms with Crippen LogP contribution in [-0.4, -0.2) is 25.4 Å². The van der Waals surface area contributed by atoms with Gasteiger partial charge in [0.2, 0.25) is 5.88 Å². The zero-order valence-corrected chi connectivity index (χ0v) is 15.4. The lowest BCUT2D eigenvalue weighted by molar-refractivity contribution is -0.297. The van der Waals surface area contributed by atoms with Crippen LogP contribution < -0.4 is 15.4 Å². The number of pyridine rings is 1. The molecule has 3 aromatic rings. The number of carbonyl (C=O) groups is 1. The fraction of sp³-hybridized carbons (Fsp3) is 0.222. The number of nitrogens with zero attached hydrogens (tertiary/aromatic N) is 3. The van der Waals surface area contributed by atoms with Gasteiger partial charge in [0.1, 0.15) is 28.6 Å². The minimum atomic E-state index is -1.48. The normalized spacial score (nSPS) is 11.5. The van der Waals surface area contributed by atoms with Crippen molar-refractivity contribution in [1.29, 1.82) is 0 Å². The van der Waals surface area contributed by atoms with Gasteiger partial charge in [-0.3, -0.25) is 9.20 Å². The summed E-state index contributed by atoms with van der Waals surface area (Å²) in [6.07, 6.45) is 3.05. The SMILES string of the molecule is CC(C)c1csc(COc2ccn3c(=O)c(/C=C/C(=O)[O-])c(O)nc3c2)n1. The third-order valence-corrected chi connectivity index (χ3v) is 4.57. The highest BCUT2D eigenvalue weighted by atomic mass is 32.1. The van der Waals surface area contributed by atoms with Crippen molar-refractivity contribution >= 4 is 29.0 Å². The van der Waals surface area contributed by atoms with Crippen molar-refractivity contribution in [2.75, 3.05) is 0 Å². The number of ether oxygens (including phenoxy) is 1. The van der Waals surface area contributed by atoms with Crippen LogP contribution in [0, 0.1) is 0 Å². The second-order valence-corrected chi connectivity index (χ2v) is 6.95. The topological polar surface area (TPSA) is 117 Å². The lowest BCUT2D eigenvalue weighted by Crippen LogP contribution is -2.20. The number of hydrogen-bond donors (Lipinski definition) is 1. The maximum atomic E-state index is 12.4. The standard InChI is InChI=1S/C18H17N3O5S/c1-10(2)13-9-27-15(19-13)8-26-11-5-6-21-14(7-11)20-17(24)12(18(21)25)3-4-16(22)23/h3-7,9-10,24H,8H2,1-2H3,(H,22,23)/p-1/b4-3+. The molecule has 27 heavy (non-hydrogen) atoms. The largest absolute Gasteiger partial charge is 0.545 e. The van der Waals surface area contributed by atoms with Crippen molar-refractivity contribution in [2.24, 2.45) is 0 Å². The summed E-state index contributed by atoms with van der Waals surface area (Å²) >= 11 is 1.51. The number of carboxylic acid groups (broad SMARTS) is 1. The van der Waals surface area contributed by atoms with Gasteiger partial charge in [-0.2, -0.15) is 4.98 Å². The number of rotatable bonds is 6. The summed E-state index contributed by atoms with van der Waals surface area (Å²) in [6, 6.07) is 3.08. The predicted molar refractivity (Wildman–Crippen MR) is 97.7 cm³/mol. The minimum Gasteiger partial charge on any atom is -0.545 e. The fourth-order valence-electron chi connectivity index (χ4n) is 2.31. The molecule has 0 aliphatic heterocycles. The molecule has 8 nitrogen and oxygen atoms in total. The second kappa shape index (κ2) is 7.58. The third kappa shape index (κ3) is 4.14. The van der Waals surface area contributed by atoms with E-state index in [1.807, 2.05) is 5.38 Å². The molecule has 0 saturated carbocycles. The van der Waals surface area contributed by atoms with Gasteiger partial charge >= 0.3 is 0 Å². The summed E-state index contributed by atoms with van der Waals surface area (Å²) in [5.74, 6) is -1.25.